The monoisotopic (exact) mass is 654 g/mol. The lowest BCUT2D eigenvalue weighted by Crippen LogP contribution is -2.10. The first-order valence-corrected chi connectivity index (χ1v) is 18.5. The molecule has 0 nitrogen and oxygen atoms in total. The van der Waals surface area contributed by atoms with Gasteiger partial charge in [0, 0.05) is 50.2 Å². The van der Waals surface area contributed by atoms with Crippen LogP contribution in [0.3, 0.4) is 0 Å². The van der Waals surface area contributed by atoms with Gasteiger partial charge in [0.25, 0.3) is 0 Å². The molecule has 8 aromatic rings. The largest absolute Gasteiger partial charge is 0.209 e. The molecule has 10 rings (SSSR count). The summed E-state index contributed by atoms with van der Waals surface area (Å²) in [6.45, 7) is 0. The highest BCUT2D eigenvalue weighted by atomic mass is 32.2. The molecule has 0 radical (unpaired) electrons. The van der Waals surface area contributed by atoms with Gasteiger partial charge >= 0.3 is 0 Å². The predicted molar refractivity (Wildman–Crippen MR) is 188 cm³/mol. The third-order valence-electron chi connectivity index (χ3n) is 8.20. The molecule has 4 aromatic carbocycles. The molecular formula is C34H16F2S6. The quantitative estimate of drug-likeness (QED) is 0.182. The second-order valence-corrected chi connectivity index (χ2v) is 17.1. The van der Waals surface area contributed by atoms with Crippen molar-refractivity contribution in [2.45, 2.75) is 10.5 Å². The van der Waals surface area contributed by atoms with E-state index in [2.05, 4.69) is 72.8 Å². The van der Waals surface area contributed by atoms with Gasteiger partial charge in [0.05, 0.1) is 29.3 Å². The molecule has 42 heavy (non-hydrogen) atoms. The van der Waals surface area contributed by atoms with Gasteiger partial charge in [0.1, 0.15) is 11.7 Å². The van der Waals surface area contributed by atoms with Gasteiger partial charge in [-0.1, -0.05) is 60.7 Å². The SMILES string of the molecule is FC1=C(c2ccc3c(c2)sc2c4ccccc4sc32)SC2C(F)=C(c3ccc4c(c3)sc3c5ccccc5sc43)SC12. The Morgan fingerprint density at radius 3 is 1.26 bits per heavy atom. The fourth-order valence-electron chi connectivity index (χ4n) is 6.22. The van der Waals surface area contributed by atoms with E-state index in [1.807, 2.05) is 34.8 Å². The second-order valence-electron chi connectivity index (χ2n) is 10.6. The van der Waals surface area contributed by atoms with Crippen LogP contribution in [0.5, 0.6) is 0 Å². The standard InChI is InChI=1S/C34H16F2S6/c35-25-27(15-9-11-19-23(13-15)39-29-17-5-1-3-7-21(17)37-31(19)29)41-34-26(36)28(42-33(25)34)16-10-12-20-24(14-16)40-30-18-6-2-4-8-22(18)38-32(20)30/h1-14,33-34H. The highest BCUT2D eigenvalue weighted by Gasteiger charge is 2.46. The third kappa shape index (κ3) is 3.34. The van der Waals surface area contributed by atoms with Gasteiger partial charge in [-0.15, -0.1) is 68.9 Å². The molecule has 2 unspecified atom stereocenters. The van der Waals surface area contributed by atoms with Crippen LogP contribution < -0.4 is 0 Å². The van der Waals surface area contributed by atoms with Crippen molar-refractivity contribution in [3.63, 3.8) is 0 Å². The molecule has 0 N–H and O–H groups in total. The molecule has 0 fully saturated rings. The molecule has 0 aliphatic carbocycles. The van der Waals surface area contributed by atoms with Crippen LogP contribution in [0.2, 0.25) is 0 Å². The van der Waals surface area contributed by atoms with E-state index in [0.29, 0.717) is 9.81 Å². The lowest BCUT2D eigenvalue weighted by molar-refractivity contribution is 0.570. The molecule has 2 aliphatic rings. The minimum Gasteiger partial charge on any atom is -0.209 e. The zero-order valence-corrected chi connectivity index (χ0v) is 26.3. The minimum atomic E-state index is -0.530. The molecule has 8 heteroatoms. The molecular weight excluding hydrogens is 639 g/mol. The number of hydrogen-bond donors (Lipinski definition) is 0. The summed E-state index contributed by atoms with van der Waals surface area (Å²) in [6.07, 6.45) is 0. The van der Waals surface area contributed by atoms with Crippen molar-refractivity contribution in [3.05, 3.63) is 108 Å². The molecule has 0 bridgehead atoms. The molecule has 0 saturated heterocycles. The fourth-order valence-corrected chi connectivity index (χ4v) is 14.5. The minimum absolute atomic E-state index is 0.201. The Kier molecular flexibility index (Phi) is 5.24. The maximum atomic E-state index is 16.0. The van der Waals surface area contributed by atoms with Gasteiger partial charge in [-0.3, -0.25) is 0 Å². The summed E-state index contributed by atoms with van der Waals surface area (Å²) in [5, 5.41) is 3.92. The van der Waals surface area contributed by atoms with E-state index in [1.54, 1.807) is 22.7 Å². The zero-order valence-electron chi connectivity index (χ0n) is 21.4. The summed E-state index contributed by atoms with van der Waals surface area (Å²) in [7, 11) is 0. The molecule has 0 spiro atoms. The van der Waals surface area contributed by atoms with Crippen LogP contribution in [-0.2, 0) is 0 Å². The van der Waals surface area contributed by atoms with E-state index in [4.69, 9.17) is 0 Å². The molecule has 202 valence electrons. The number of halogens is 2. The van der Waals surface area contributed by atoms with Crippen molar-refractivity contribution < 1.29 is 8.78 Å². The van der Waals surface area contributed by atoms with E-state index >= 15 is 8.78 Å². The van der Waals surface area contributed by atoms with Crippen LogP contribution in [0.4, 0.5) is 8.78 Å². The van der Waals surface area contributed by atoms with Crippen molar-refractivity contribution in [1.82, 2.24) is 0 Å². The molecule has 2 aliphatic heterocycles. The van der Waals surface area contributed by atoms with Gasteiger partial charge in [-0.05, 0) is 35.4 Å². The van der Waals surface area contributed by atoms with E-state index in [9.17, 15) is 0 Å². The van der Waals surface area contributed by atoms with Crippen LogP contribution in [-0.4, -0.2) is 10.5 Å². The Morgan fingerprint density at radius 1 is 0.429 bits per heavy atom. The Balaban J connectivity index is 0.998. The van der Waals surface area contributed by atoms with Crippen molar-refractivity contribution in [1.29, 1.82) is 0 Å². The first kappa shape index (κ1) is 24.7. The average molecular weight is 655 g/mol. The van der Waals surface area contributed by atoms with E-state index in [0.717, 1.165) is 20.5 Å². The third-order valence-corrected chi connectivity index (χ3v) is 16.2. The Bertz CT molecular complexity index is 2340. The van der Waals surface area contributed by atoms with Crippen LogP contribution in [0, 0.1) is 0 Å². The fraction of sp³-hybridized carbons (Fsp3) is 0.0588. The molecule has 0 amide bonds. The molecule has 4 aromatic heterocycles. The van der Waals surface area contributed by atoms with Crippen molar-refractivity contribution >= 4 is 138 Å². The lowest BCUT2D eigenvalue weighted by Gasteiger charge is -2.07. The van der Waals surface area contributed by atoms with Crippen LogP contribution >= 0.6 is 68.9 Å². The smallest absolute Gasteiger partial charge is 0.129 e. The summed E-state index contributed by atoms with van der Waals surface area (Å²) in [4.78, 5) is 1.16. The summed E-state index contributed by atoms with van der Waals surface area (Å²) in [6, 6.07) is 29.4. The maximum absolute atomic E-state index is 16.0. The average Bonchev–Trinajstić information content (AvgIpc) is 3.83. The van der Waals surface area contributed by atoms with Gasteiger partial charge in [-0.2, -0.15) is 0 Å². The topological polar surface area (TPSA) is 0 Å². The zero-order chi connectivity index (χ0) is 27.7. The van der Waals surface area contributed by atoms with Gasteiger partial charge in [-0.25, -0.2) is 8.78 Å². The van der Waals surface area contributed by atoms with E-state index in [-0.39, 0.29) is 11.7 Å². The first-order valence-electron chi connectivity index (χ1n) is 13.4. The highest BCUT2D eigenvalue weighted by Crippen LogP contribution is 2.61. The number of rotatable bonds is 2. The van der Waals surface area contributed by atoms with E-state index < -0.39 is 10.5 Å². The number of thioether (sulfide) groups is 2. The van der Waals surface area contributed by atoms with Gasteiger partial charge in [0.2, 0.25) is 0 Å². The molecule has 0 saturated carbocycles. The van der Waals surface area contributed by atoms with Gasteiger partial charge < -0.3 is 0 Å². The Morgan fingerprint density at radius 2 is 0.810 bits per heavy atom. The van der Waals surface area contributed by atoms with Crippen molar-refractivity contribution in [2.24, 2.45) is 0 Å². The van der Waals surface area contributed by atoms with Crippen LogP contribution in [0.15, 0.2) is 96.6 Å². The highest BCUT2D eigenvalue weighted by molar-refractivity contribution is 8.14. The van der Waals surface area contributed by atoms with Crippen LogP contribution in [0.25, 0.3) is 69.0 Å². The number of hydrogen-bond acceptors (Lipinski definition) is 6. The van der Waals surface area contributed by atoms with Crippen molar-refractivity contribution in [2.75, 3.05) is 0 Å². The van der Waals surface area contributed by atoms with Crippen molar-refractivity contribution in [3.8, 4) is 0 Å². The lowest BCUT2D eigenvalue weighted by atomic mass is 10.1. The number of fused-ring (bicyclic) bond motifs is 11. The Hall–Kier alpha value is -2.72. The molecule has 2 atom stereocenters. The summed E-state index contributed by atoms with van der Waals surface area (Å²) >= 11 is 9.84. The summed E-state index contributed by atoms with van der Waals surface area (Å²) < 4.78 is 42.0. The number of thiophene rings is 4. The van der Waals surface area contributed by atoms with Crippen LogP contribution in [0.1, 0.15) is 11.1 Å². The first-order chi connectivity index (χ1) is 20.6. The van der Waals surface area contributed by atoms with E-state index in [1.165, 1.54) is 73.3 Å². The normalized spacial score (nSPS) is 19.3. The molecule has 6 heterocycles. The Labute approximate surface area is 263 Å². The number of benzene rings is 4. The second kappa shape index (κ2) is 8.91. The van der Waals surface area contributed by atoms with Gasteiger partial charge in [0.15, 0.2) is 0 Å². The summed E-state index contributed by atoms with van der Waals surface area (Å²) in [5.41, 5.74) is 1.69. The predicted octanol–water partition coefficient (Wildman–Crippen LogP) is 13.1. The summed E-state index contributed by atoms with van der Waals surface area (Å²) in [5.74, 6) is -0.403. The maximum Gasteiger partial charge on any atom is 0.129 e.